The first-order valence-electron chi connectivity index (χ1n) is 8.57. The SMILES string of the molecule is CC(c1ccc(Oc2ccc(Nc3ccccn3)cc2)cc1)C(N)C(=O)O. The van der Waals surface area contributed by atoms with Gasteiger partial charge in [0.05, 0.1) is 0 Å². The van der Waals surface area contributed by atoms with E-state index in [2.05, 4.69) is 10.3 Å². The Hall–Kier alpha value is -3.38. The minimum Gasteiger partial charge on any atom is -0.480 e. The second-order valence-corrected chi connectivity index (χ2v) is 6.19. The van der Waals surface area contributed by atoms with E-state index >= 15 is 0 Å². The van der Waals surface area contributed by atoms with E-state index in [4.69, 9.17) is 15.6 Å². The normalized spacial score (nSPS) is 12.8. The summed E-state index contributed by atoms with van der Waals surface area (Å²) in [5, 5.41) is 12.2. The second kappa shape index (κ2) is 8.33. The topological polar surface area (TPSA) is 97.5 Å². The summed E-state index contributed by atoms with van der Waals surface area (Å²) in [5.74, 6) is 0.844. The Morgan fingerprint density at radius 2 is 1.67 bits per heavy atom. The molecule has 3 aromatic rings. The fourth-order valence-corrected chi connectivity index (χ4v) is 2.59. The van der Waals surface area contributed by atoms with Gasteiger partial charge in [0.25, 0.3) is 0 Å². The third-order valence-electron chi connectivity index (χ3n) is 4.26. The fraction of sp³-hybridized carbons (Fsp3) is 0.143. The highest BCUT2D eigenvalue weighted by atomic mass is 16.5. The lowest BCUT2D eigenvalue weighted by Crippen LogP contribution is -2.35. The van der Waals surface area contributed by atoms with Gasteiger partial charge >= 0.3 is 5.97 Å². The molecule has 0 amide bonds. The van der Waals surface area contributed by atoms with Crippen LogP contribution >= 0.6 is 0 Å². The number of ether oxygens (including phenoxy) is 1. The predicted molar refractivity (Wildman–Crippen MR) is 105 cm³/mol. The zero-order valence-corrected chi connectivity index (χ0v) is 14.9. The first-order valence-corrected chi connectivity index (χ1v) is 8.57. The first-order chi connectivity index (χ1) is 13.0. The average Bonchev–Trinajstić information content (AvgIpc) is 2.69. The summed E-state index contributed by atoms with van der Waals surface area (Å²) in [4.78, 5) is 15.2. The maximum absolute atomic E-state index is 11.0. The van der Waals surface area contributed by atoms with Gasteiger partial charge in [0.1, 0.15) is 23.4 Å². The number of aliphatic carboxylic acids is 1. The Kier molecular flexibility index (Phi) is 5.68. The van der Waals surface area contributed by atoms with E-state index in [1.165, 1.54) is 0 Å². The molecule has 0 saturated carbocycles. The molecule has 6 nitrogen and oxygen atoms in total. The number of pyridine rings is 1. The standard InChI is InChI=1S/C21H21N3O3/c1-14(20(22)21(25)26)15-5-9-17(10-6-15)27-18-11-7-16(8-12-18)24-19-4-2-3-13-23-19/h2-14,20H,22H2,1H3,(H,23,24)(H,25,26). The Balaban J connectivity index is 1.62. The molecule has 6 heteroatoms. The Labute approximate surface area is 157 Å². The molecule has 0 aliphatic heterocycles. The van der Waals surface area contributed by atoms with E-state index in [9.17, 15) is 4.79 Å². The molecule has 4 N–H and O–H groups in total. The van der Waals surface area contributed by atoms with Crippen molar-refractivity contribution < 1.29 is 14.6 Å². The van der Waals surface area contributed by atoms with Crippen LogP contribution in [0.4, 0.5) is 11.5 Å². The van der Waals surface area contributed by atoms with Crippen molar-refractivity contribution in [3.63, 3.8) is 0 Å². The minimum atomic E-state index is -1.01. The first kappa shape index (κ1) is 18.4. The number of carbonyl (C=O) groups is 1. The van der Waals surface area contributed by atoms with Crippen molar-refractivity contribution in [1.82, 2.24) is 4.98 Å². The van der Waals surface area contributed by atoms with Gasteiger partial charge in [-0.1, -0.05) is 25.1 Å². The fourth-order valence-electron chi connectivity index (χ4n) is 2.59. The number of nitrogens with zero attached hydrogens (tertiary/aromatic N) is 1. The molecule has 0 fully saturated rings. The van der Waals surface area contributed by atoms with Gasteiger partial charge in [0, 0.05) is 17.8 Å². The smallest absolute Gasteiger partial charge is 0.321 e. The van der Waals surface area contributed by atoms with Crippen molar-refractivity contribution >= 4 is 17.5 Å². The average molecular weight is 363 g/mol. The van der Waals surface area contributed by atoms with Crippen molar-refractivity contribution in [2.75, 3.05) is 5.32 Å². The number of nitrogens with one attached hydrogen (secondary N) is 1. The molecular weight excluding hydrogens is 342 g/mol. The van der Waals surface area contributed by atoms with E-state index in [0.717, 1.165) is 17.1 Å². The molecule has 27 heavy (non-hydrogen) atoms. The van der Waals surface area contributed by atoms with Crippen molar-refractivity contribution in [2.45, 2.75) is 18.9 Å². The molecule has 0 radical (unpaired) electrons. The van der Waals surface area contributed by atoms with Gasteiger partial charge in [0.15, 0.2) is 0 Å². The summed E-state index contributed by atoms with van der Waals surface area (Å²) in [6.07, 6.45) is 1.73. The largest absolute Gasteiger partial charge is 0.480 e. The lowest BCUT2D eigenvalue weighted by Gasteiger charge is -2.16. The molecule has 2 aromatic carbocycles. The number of carboxylic acid groups (broad SMARTS) is 1. The van der Waals surface area contributed by atoms with Gasteiger partial charge in [-0.05, 0) is 54.1 Å². The maximum Gasteiger partial charge on any atom is 0.321 e. The molecule has 1 heterocycles. The van der Waals surface area contributed by atoms with Crippen LogP contribution in [0.3, 0.4) is 0 Å². The van der Waals surface area contributed by atoms with Gasteiger partial charge in [0.2, 0.25) is 0 Å². The van der Waals surface area contributed by atoms with E-state index in [1.807, 2.05) is 54.6 Å². The molecule has 0 aliphatic carbocycles. The maximum atomic E-state index is 11.0. The van der Waals surface area contributed by atoms with Gasteiger partial charge in [-0.2, -0.15) is 0 Å². The highest BCUT2D eigenvalue weighted by molar-refractivity contribution is 5.74. The number of aromatic nitrogens is 1. The van der Waals surface area contributed by atoms with Gasteiger partial charge in [-0.25, -0.2) is 4.98 Å². The van der Waals surface area contributed by atoms with E-state index < -0.39 is 12.0 Å². The summed E-state index contributed by atoms with van der Waals surface area (Å²) in [6, 6.07) is 19.6. The van der Waals surface area contributed by atoms with Crippen molar-refractivity contribution in [3.05, 3.63) is 78.5 Å². The van der Waals surface area contributed by atoms with E-state index in [1.54, 1.807) is 25.3 Å². The van der Waals surface area contributed by atoms with E-state index in [-0.39, 0.29) is 5.92 Å². The van der Waals surface area contributed by atoms with Crippen LogP contribution < -0.4 is 15.8 Å². The molecule has 138 valence electrons. The van der Waals surface area contributed by atoms with Crippen LogP contribution in [0, 0.1) is 0 Å². The number of anilines is 2. The number of hydrogen-bond donors (Lipinski definition) is 3. The number of carboxylic acids is 1. The van der Waals surface area contributed by atoms with Crippen LogP contribution in [0.2, 0.25) is 0 Å². The quantitative estimate of drug-likeness (QED) is 0.584. The van der Waals surface area contributed by atoms with Crippen molar-refractivity contribution in [3.8, 4) is 11.5 Å². The zero-order valence-electron chi connectivity index (χ0n) is 14.9. The second-order valence-electron chi connectivity index (χ2n) is 6.19. The van der Waals surface area contributed by atoms with Crippen LogP contribution in [-0.2, 0) is 4.79 Å². The molecule has 0 spiro atoms. The third-order valence-corrected chi connectivity index (χ3v) is 4.26. The Morgan fingerprint density at radius 3 is 2.22 bits per heavy atom. The van der Waals surface area contributed by atoms with E-state index in [0.29, 0.717) is 11.5 Å². The molecule has 0 aliphatic rings. The number of hydrogen-bond acceptors (Lipinski definition) is 5. The molecular formula is C21H21N3O3. The third kappa shape index (κ3) is 4.83. The van der Waals surface area contributed by atoms with Gasteiger partial charge in [-0.3, -0.25) is 4.79 Å². The van der Waals surface area contributed by atoms with Crippen LogP contribution in [0.15, 0.2) is 72.9 Å². The van der Waals surface area contributed by atoms with Crippen LogP contribution in [0.25, 0.3) is 0 Å². The summed E-state index contributed by atoms with van der Waals surface area (Å²) in [5.41, 5.74) is 7.45. The van der Waals surface area contributed by atoms with Crippen LogP contribution in [-0.4, -0.2) is 22.1 Å². The van der Waals surface area contributed by atoms with Crippen molar-refractivity contribution in [2.24, 2.45) is 5.73 Å². The molecule has 2 atom stereocenters. The number of benzene rings is 2. The van der Waals surface area contributed by atoms with Crippen molar-refractivity contribution in [1.29, 1.82) is 0 Å². The summed E-state index contributed by atoms with van der Waals surface area (Å²) in [6.45, 7) is 1.79. The van der Waals surface area contributed by atoms with Gasteiger partial charge < -0.3 is 20.9 Å². The monoisotopic (exact) mass is 363 g/mol. The summed E-state index contributed by atoms with van der Waals surface area (Å²) in [7, 11) is 0. The lowest BCUT2D eigenvalue weighted by molar-refractivity contribution is -0.139. The molecule has 1 aromatic heterocycles. The Morgan fingerprint density at radius 1 is 1.04 bits per heavy atom. The Bertz CT molecular complexity index is 881. The number of rotatable bonds is 7. The summed E-state index contributed by atoms with van der Waals surface area (Å²) < 4.78 is 5.84. The minimum absolute atomic E-state index is 0.284. The molecule has 0 bridgehead atoms. The highest BCUT2D eigenvalue weighted by Gasteiger charge is 2.21. The molecule has 2 unspecified atom stereocenters. The zero-order chi connectivity index (χ0) is 19.2. The predicted octanol–water partition coefficient (Wildman–Crippen LogP) is 4.13. The van der Waals surface area contributed by atoms with Gasteiger partial charge in [-0.15, -0.1) is 0 Å². The molecule has 0 saturated heterocycles. The summed E-state index contributed by atoms with van der Waals surface area (Å²) >= 11 is 0. The van der Waals surface area contributed by atoms with Crippen LogP contribution in [0.5, 0.6) is 11.5 Å². The number of nitrogens with two attached hydrogens (primary N) is 1. The van der Waals surface area contributed by atoms with Crippen LogP contribution in [0.1, 0.15) is 18.4 Å². The molecule has 3 rings (SSSR count). The lowest BCUT2D eigenvalue weighted by atomic mass is 9.94. The highest BCUT2D eigenvalue weighted by Crippen LogP contribution is 2.26.